The van der Waals surface area contributed by atoms with Crippen LogP contribution in [0.3, 0.4) is 0 Å². The van der Waals surface area contributed by atoms with Gasteiger partial charge < -0.3 is 4.74 Å². The Morgan fingerprint density at radius 1 is 1.04 bits per heavy atom. The lowest BCUT2D eigenvalue weighted by Crippen LogP contribution is -2.26. The lowest BCUT2D eigenvalue weighted by molar-refractivity contribution is 0.0526. The third-order valence-corrected chi connectivity index (χ3v) is 4.47. The van der Waals surface area contributed by atoms with Crippen molar-refractivity contribution in [2.45, 2.75) is 53.2 Å². The fourth-order valence-corrected chi connectivity index (χ4v) is 2.64. The van der Waals surface area contributed by atoms with Crippen molar-refractivity contribution in [3.05, 3.63) is 35.4 Å². The lowest BCUT2D eigenvalue weighted by Gasteiger charge is -2.23. The van der Waals surface area contributed by atoms with Crippen LogP contribution in [0.15, 0.2) is 28.7 Å². The first kappa shape index (κ1) is 19.6. The molecule has 0 radical (unpaired) electrons. The Kier molecular flexibility index (Phi) is 6.28. The molecule has 23 heavy (non-hydrogen) atoms. The van der Waals surface area contributed by atoms with Crippen LogP contribution in [0.4, 0.5) is 0 Å². The molecule has 0 bridgehead atoms. The molecule has 0 aliphatic heterocycles. The molecule has 1 aromatic carbocycles. The Morgan fingerprint density at radius 2 is 1.52 bits per heavy atom. The van der Waals surface area contributed by atoms with E-state index in [-0.39, 0.29) is 11.4 Å². The summed E-state index contributed by atoms with van der Waals surface area (Å²) in [6, 6.07) is 7.09. The van der Waals surface area contributed by atoms with E-state index in [0.29, 0.717) is 12.2 Å². The molecule has 0 saturated carbocycles. The highest BCUT2D eigenvalue weighted by Crippen LogP contribution is 2.25. The zero-order valence-electron chi connectivity index (χ0n) is 15.1. The standard InChI is InChI=1S/C18H27NO3S/c1-8-22-16(20)14-11-9-13(10-12-14)15(17(2,3)4)19-23(21)18(5,6)7/h9-12H,8H2,1-7H3/b19-15-/t23-/m0/s1. The molecule has 0 heterocycles. The summed E-state index contributed by atoms with van der Waals surface area (Å²) in [5.41, 5.74) is 1.87. The van der Waals surface area contributed by atoms with Gasteiger partial charge in [-0.3, -0.25) is 0 Å². The molecule has 1 aromatic rings. The van der Waals surface area contributed by atoms with Crippen LogP contribution >= 0.6 is 0 Å². The molecular formula is C18H27NO3S. The quantitative estimate of drug-likeness (QED) is 0.612. The Hall–Kier alpha value is -1.49. The van der Waals surface area contributed by atoms with E-state index in [0.717, 1.165) is 11.3 Å². The van der Waals surface area contributed by atoms with Crippen LogP contribution in [-0.4, -0.2) is 27.2 Å². The lowest BCUT2D eigenvalue weighted by atomic mass is 9.85. The van der Waals surface area contributed by atoms with Crippen LogP contribution in [0.1, 0.15) is 64.4 Å². The summed E-state index contributed by atoms with van der Waals surface area (Å²) in [5, 5.41) is 0. The highest BCUT2D eigenvalue weighted by Gasteiger charge is 2.26. The number of esters is 1. The number of benzene rings is 1. The molecule has 5 heteroatoms. The maximum absolute atomic E-state index is 12.4. The van der Waals surface area contributed by atoms with E-state index in [4.69, 9.17) is 4.74 Å². The van der Waals surface area contributed by atoms with E-state index >= 15 is 0 Å². The van der Waals surface area contributed by atoms with Gasteiger partial charge in [-0.05, 0) is 45.4 Å². The number of ether oxygens (including phenoxy) is 1. The summed E-state index contributed by atoms with van der Waals surface area (Å²) >= 11 is 0. The Bertz CT molecular complexity index is 605. The fourth-order valence-electron chi connectivity index (χ4n) is 1.82. The monoisotopic (exact) mass is 337 g/mol. The molecule has 0 saturated heterocycles. The summed E-state index contributed by atoms with van der Waals surface area (Å²) < 4.78 is 21.4. The summed E-state index contributed by atoms with van der Waals surface area (Å²) in [4.78, 5) is 11.7. The van der Waals surface area contributed by atoms with Gasteiger partial charge >= 0.3 is 5.97 Å². The molecule has 0 N–H and O–H groups in total. The minimum atomic E-state index is -1.34. The van der Waals surface area contributed by atoms with Crippen LogP contribution in [0.2, 0.25) is 0 Å². The average Bonchev–Trinajstić information content (AvgIpc) is 2.42. The summed E-state index contributed by atoms with van der Waals surface area (Å²) in [6.45, 7) is 13.9. The van der Waals surface area contributed by atoms with Gasteiger partial charge in [-0.2, -0.15) is 4.40 Å². The number of hydrogen-bond donors (Lipinski definition) is 0. The van der Waals surface area contributed by atoms with E-state index < -0.39 is 15.7 Å². The molecule has 128 valence electrons. The van der Waals surface area contributed by atoms with Crippen molar-refractivity contribution < 1.29 is 13.7 Å². The van der Waals surface area contributed by atoms with Crippen LogP contribution < -0.4 is 0 Å². The van der Waals surface area contributed by atoms with Crippen molar-refractivity contribution in [2.75, 3.05) is 6.61 Å². The van der Waals surface area contributed by atoms with Gasteiger partial charge in [-0.1, -0.05) is 32.9 Å². The molecule has 1 atom stereocenters. The zero-order valence-corrected chi connectivity index (χ0v) is 15.9. The molecule has 0 amide bonds. The molecule has 0 aliphatic carbocycles. The van der Waals surface area contributed by atoms with E-state index in [1.165, 1.54) is 0 Å². The SMILES string of the molecule is CCOC(=O)c1ccc(/C(=N/[S@@](=O)C(C)(C)C)C(C)(C)C)cc1. The summed E-state index contributed by atoms with van der Waals surface area (Å²) in [5.74, 6) is -0.341. The van der Waals surface area contributed by atoms with Crippen molar-refractivity contribution in [3.63, 3.8) is 0 Å². The smallest absolute Gasteiger partial charge is 0.338 e. The molecule has 4 nitrogen and oxygen atoms in total. The van der Waals surface area contributed by atoms with Crippen LogP contribution in [0.5, 0.6) is 0 Å². The van der Waals surface area contributed by atoms with Crippen molar-refractivity contribution in [1.82, 2.24) is 0 Å². The molecule has 0 aliphatic rings. The number of carbonyl (C=O) groups excluding carboxylic acids is 1. The van der Waals surface area contributed by atoms with Gasteiger partial charge in [-0.15, -0.1) is 0 Å². The van der Waals surface area contributed by atoms with Gasteiger partial charge in [0.1, 0.15) is 11.0 Å². The highest BCUT2D eigenvalue weighted by atomic mass is 32.2. The highest BCUT2D eigenvalue weighted by molar-refractivity contribution is 7.85. The zero-order chi connectivity index (χ0) is 17.8. The molecule has 1 rings (SSSR count). The van der Waals surface area contributed by atoms with Crippen LogP contribution in [0.25, 0.3) is 0 Å². The number of carbonyl (C=O) groups is 1. The fraction of sp³-hybridized carbons (Fsp3) is 0.556. The Labute approximate surface area is 141 Å². The van der Waals surface area contributed by atoms with Gasteiger partial charge in [0.2, 0.25) is 0 Å². The number of hydrogen-bond acceptors (Lipinski definition) is 3. The predicted octanol–water partition coefficient (Wildman–Crippen LogP) is 4.16. The first-order valence-electron chi connectivity index (χ1n) is 7.75. The minimum Gasteiger partial charge on any atom is -0.462 e. The Morgan fingerprint density at radius 3 is 1.91 bits per heavy atom. The maximum atomic E-state index is 12.4. The second-order valence-electron chi connectivity index (χ2n) is 7.35. The first-order valence-corrected chi connectivity index (χ1v) is 8.86. The topological polar surface area (TPSA) is 55.7 Å². The van der Waals surface area contributed by atoms with Crippen molar-refractivity contribution in [1.29, 1.82) is 0 Å². The van der Waals surface area contributed by atoms with E-state index in [2.05, 4.69) is 4.40 Å². The van der Waals surface area contributed by atoms with E-state index in [1.807, 2.05) is 53.7 Å². The first-order chi connectivity index (χ1) is 10.5. The normalized spacial score (nSPS) is 14.5. The second-order valence-corrected chi connectivity index (χ2v) is 9.25. The maximum Gasteiger partial charge on any atom is 0.338 e. The molecule has 0 aromatic heterocycles. The number of nitrogens with zero attached hydrogens (tertiary/aromatic N) is 1. The minimum absolute atomic E-state index is 0.258. The molecule has 0 unspecified atom stereocenters. The molecular weight excluding hydrogens is 310 g/mol. The van der Waals surface area contributed by atoms with Gasteiger partial charge in [0, 0.05) is 5.41 Å². The Balaban J connectivity index is 3.23. The third kappa shape index (κ3) is 5.57. The number of rotatable bonds is 4. The van der Waals surface area contributed by atoms with E-state index in [1.54, 1.807) is 19.1 Å². The largest absolute Gasteiger partial charge is 0.462 e. The van der Waals surface area contributed by atoms with E-state index in [9.17, 15) is 9.00 Å². The average molecular weight is 337 g/mol. The molecule has 0 spiro atoms. The van der Waals surface area contributed by atoms with Crippen molar-refractivity contribution in [2.24, 2.45) is 9.81 Å². The van der Waals surface area contributed by atoms with Gasteiger partial charge in [-0.25, -0.2) is 9.00 Å². The van der Waals surface area contributed by atoms with Crippen LogP contribution in [0, 0.1) is 5.41 Å². The summed E-state index contributed by atoms with van der Waals surface area (Å²) in [6.07, 6.45) is 0. The molecule has 0 fully saturated rings. The summed E-state index contributed by atoms with van der Waals surface area (Å²) in [7, 11) is -1.34. The van der Waals surface area contributed by atoms with Gasteiger partial charge in [0.25, 0.3) is 0 Å². The van der Waals surface area contributed by atoms with Crippen molar-refractivity contribution >= 4 is 22.7 Å². The van der Waals surface area contributed by atoms with Crippen LogP contribution in [-0.2, 0) is 15.7 Å². The third-order valence-electron chi connectivity index (χ3n) is 3.08. The van der Waals surface area contributed by atoms with Crippen molar-refractivity contribution in [3.8, 4) is 0 Å². The predicted molar refractivity (Wildman–Crippen MR) is 96.3 cm³/mol. The van der Waals surface area contributed by atoms with Gasteiger partial charge in [0.05, 0.1) is 22.6 Å². The second kappa shape index (κ2) is 7.39. The van der Waals surface area contributed by atoms with Gasteiger partial charge in [0.15, 0.2) is 0 Å².